The lowest BCUT2D eigenvalue weighted by Gasteiger charge is -1.95. The molecule has 1 aromatic rings. The van der Waals surface area contributed by atoms with E-state index in [2.05, 4.69) is 10.2 Å². The molecule has 0 aliphatic carbocycles. The molecule has 2 nitrogen and oxygen atoms in total. The third kappa shape index (κ3) is 2.17. The molecule has 0 aliphatic rings. The predicted octanol–water partition coefficient (Wildman–Crippen LogP) is 3.71. The van der Waals surface area contributed by atoms with Gasteiger partial charge in [0.1, 0.15) is 5.69 Å². The molecule has 0 radical (unpaired) electrons. The number of rotatable bonds is 1. The maximum atomic E-state index is 5.76. The topological polar surface area (TPSA) is 24.7 Å². The molecule has 0 aliphatic heterocycles. The van der Waals surface area contributed by atoms with Gasteiger partial charge in [0.2, 0.25) is 0 Å². The van der Waals surface area contributed by atoms with Gasteiger partial charge in [0.15, 0.2) is 0 Å². The molecule has 0 saturated heterocycles. The van der Waals surface area contributed by atoms with Crippen LogP contribution in [0.25, 0.3) is 0 Å². The van der Waals surface area contributed by atoms with Crippen LogP contribution < -0.4 is 0 Å². The summed E-state index contributed by atoms with van der Waals surface area (Å²) in [5.74, 6) is 0. The first-order chi connectivity index (χ1) is 5.24. The zero-order chi connectivity index (χ0) is 8.27. The van der Waals surface area contributed by atoms with Crippen LogP contribution in [0.15, 0.2) is 28.4 Å². The Kier molecular flexibility index (Phi) is 2.85. The highest BCUT2D eigenvalue weighted by molar-refractivity contribution is 6.35. The highest BCUT2D eigenvalue weighted by atomic mass is 35.5. The van der Waals surface area contributed by atoms with Gasteiger partial charge in [-0.1, -0.05) is 23.2 Å². The van der Waals surface area contributed by atoms with Crippen molar-refractivity contribution in [2.45, 2.75) is 0 Å². The number of azo groups is 1. The standard InChI is InChI=1S/C7H6Cl2N2/c1-10-11-7-4-5(8)2-3-6(7)9/h2-4H,1H3/b11-10+. The highest BCUT2D eigenvalue weighted by Crippen LogP contribution is 2.27. The van der Waals surface area contributed by atoms with Gasteiger partial charge in [-0.15, -0.1) is 0 Å². The van der Waals surface area contributed by atoms with Crippen molar-refractivity contribution < 1.29 is 0 Å². The van der Waals surface area contributed by atoms with Gasteiger partial charge < -0.3 is 0 Å². The minimum absolute atomic E-state index is 0.556. The van der Waals surface area contributed by atoms with E-state index in [0.717, 1.165) is 0 Å². The Balaban J connectivity index is 3.12. The van der Waals surface area contributed by atoms with Gasteiger partial charge in [0.25, 0.3) is 0 Å². The van der Waals surface area contributed by atoms with Crippen LogP contribution in [0.4, 0.5) is 5.69 Å². The fourth-order valence-corrected chi connectivity index (χ4v) is 0.992. The minimum atomic E-state index is 0.556. The molecule has 1 rings (SSSR count). The molecule has 0 atom stereocenters. The lowest BCUT2D eigenvalue weighted by Crippen LogP contribution is -1.67. The van der Waals surface area contributed by atoms with E-state index >= 15 is 0 Å². The Morgan fingerprint density at radius 3 is 2.64 bits per heavy atom. The van der Waals surface area contributed by atoms with Crippen molar-refractivity contribution in [1.29, 1.82) is 0 Å². The number of halogens is 2. The molecule has 4 heteroatoms. The molecule has 0 unspecified atom stereocenters. The average Bonchev–Trinajstić information content (AvgIpc) is 1.98. The highest BCUT2D eigenvalue weighted by Gasteiger charge is 1.97. The van der Waals surface area contributed by atoms with E-state index in [4.69, 9.17) is 23.2 Å². The summed E-state index contributed by atoms with van der Waals surface area (Å²) in [6.07, 6.45) is 0. The Labute approximate surface area is 74.8 Å². The second-order valence-electron chi connectivity index (χ2n) is 1.90. The van der Waals surface area contributed by atoms with Crippen LogP contribution in [0.5, 0.6) is 0 Å². The third-order valence-electron chi connectivity index (χ3n) is 1.12. The van der Waals surface area contributed by atoms with Crippen molar-refractivity contribution in [3.63, 3.8) is 0 Å². The Morgan fingerprint density at radius 2 is 2.00 bits per heavy atom. The molecule has 0 N–H and O–H groups in total. The number of hydrogen-bond acceptors (Lipinski definition) is 2. The lowest BCUT2D eigenvalue weighted by molar-refractivity contribution is 1.17. The first kappa shape index (κ1) is 8.50. The molecule has 0 aromatic heterocycles. The van der Waals surface area contributed by atoms with E-state index in [1.807, 2.05) is 0 Å². The maximum Gasteiger partial charge on any atom is 0.105 e. The molecule has 0 amide bonds. The van der Waals surface area contributed by atoms with Gasteiger partial charge in [-0.05, 0) is 18.2 Å². The quantitative estimate of drug-likeness (QED) is 0.601. The molecule has 0 bridgehead atoms. The van der Waals surface area contributed by atoms with Gasteiger partial charge in [0.05, 0.1) is 5.02 Å². The molecular formula is C7H6Cl2N2. The predicted molar refractivity (Wildman–Crippen MR) is 46.9 cm³/mol. The SMILES string of the molecule is C/N=N/c1cc(Cl)ccc1Cl. The van der Waals surface area contributed by atoms with Gasteiger partial charge >= 0.3 is 0 Å². The zero-order valence-corrected chi connectivity index (χ0v) is 7.39. The van der Waals surface area contributed by atoms with Crippen molar-refractivity contribution in [2.24, 2.45) is 10.2 Å². The number of nitrogens with zero attached hydrogens (tertiary/aromatic N) is 2. The molecule has 0 saturated carbocycles. The number of hydrogen-bond donors (Lipinski definition) is 0. The van der Waals surface area contributed by atoms with Crippen LogP contribution in [-0.4, -0.2) is 7.05 Å². The first-order valence-corrected chi connectivity index (χ1v) is 3.74. The van der Waals surface area contributed by atoms with Crippen molar-refractivity contribution >= 4 is 28.9 Å². The van der Waals surface area contributed by atoms with E-state index in [9.17, 15) is 0 Å². The number of benzene rings is 1. The summed E-state index contributed by atoms with van der Waals surface area (Å²) < 4.78 is 0. The zero-order valence-electron chi connectivity index (χ0n) is 5.88. The van der Waals surface area contributed by atoms with Crippen molar-refractivity contribution in [3.05, 3.63) is 28.2 Å². The van der Waals surface area contributed by atoms with Gasteiger partial charge in [-0.2, -0.15) is 10.2 Å². The third-order valence-corrected chi connectivity index (χ3v) is 1.67. The summed E-state index contributed by atoms with van der Waals surface area (Å²) in [5.41, 5.74) is 0.599. The average molecular weight is 189 g/mol. The largest absolute Gasteiger partial charge is 0.192 e. The molecular weight excluding hydrogens is 183 g/mol. The molecule has 0 heterocycles. The summed E-state index contributed by atoms with van der Waals surface area (Å²) >= 11 is 11.5. The maximum absolute atomic E-state index is 5.76. The van der Waals surface area contributed by atoms with Crippen LogP contribution in [0, 0.1) is 0 Å². The molecule has 0 spiro atoms. The van der Waals surface area contributed by atoms with Crippen LogP contribution in [0.2, 0.25) is 10.0 Å². The van der Waals surface area contributed by atoms with Crippen LogP contribution in [0.1, 0.15) is 0 Å². The van der Waals surface area contributed by atoms with Crippen LogP contribution in [-0.2, 0) is 0 Å². The normalized spacial score (nSPS) is 10.8. The van der Waals surface area contributed by atoms with Gasteiger partial charge in [0, 0.05) is 12.1 Å². The van der Waals surface area contributed by atoms with Crippen LogP contribution in [0.3, 0.4) is 0 Å². The molecule has 11 heavy (non-hydrogen) atoms. The van der Waals surface area contributed by atoms with Gasteiger partial charge in [-0.3, -0.25) is 0 Å². The van der Waals surface area contributed by atoms with Crippen molar-refractivity contribution in [1.82, 2.24) is 0 Å². The van der Waals surface area contributed by atoms with Crippen LogP contribution >= 0.6 is 23.2 Å². The Morgan fingerprint density at radius 1 is 1.27 bits per heavy atom. The minimum Gasteiger partial charge on any atom is -0.192 e. The van der Waals surface area contributed by atoms with E-state index in [1.54, 1.807) is 25.2 Å². The summed E-state index contributed by atoms with van der Waals surface area (Å²) in [7, 11) is 1.58. The van der Waals surface area contributed by atoms with E-state index in [1.165, 1.54) is 0 Å². The fourth-order valence-electron chi connectivity index (χ4n) is 0.670. The molecule has 58 valence electrons. The fraction of sp³-hybridized carbons (Fsp3) is 0.143. The second kappa shape index (κ2) is 3.69. The van der Waals surface area contributed by atoms with E-state index < -0.39 is 0 Å². The lowest BCUT2D eigenvalue weighted by atomic mass is 10.3. The van der Waals surface area contributed by atoms with Crippen molar-refractivity contribution in [2.75, 3.05) is 7.05 Å². The second-order valence-corrected chi connectivity index (χ2v) is 2.74. The summed E-state index contributed by atoms with van der Waals surface area (Å²) in [5, 5.41) is 8.53. The summed E-state index contributed by atoms with van der Waals surface area (Å²) in [4.78, 5) is 0. The van der Waals surface area contributed by atoms with E-state index in [-0.39, 0.29) is 0 Å². The molecule has 1 aromatic carbocycles. The van der Waals surface area contributed by atoms with E-state index in [0.29, 0.717) is 15.7 Å². The summed E-state index contributed by atoms with van der Waals surface area (Å²) in [6.45, 7) is 0. The monoisotopic (exact) mass is 188 g/mol. The van der Waals surface area contributed by atoms with Gasteiger partial charge in [-0.25, -0.2) is 0 Å². The summed E-state index contributed by atoms with van der Waals surface area (Å²) in [6, 6.07) is 5.06. The molecule has 0 fully saturated rings. The first-order valence-electron chi connectivity index (χ1n) is 2.99. The van der Waals surface area contributed by atoms with Crippen molar-refractivity contribution in [3.8, 4) is 0 Å². The Hall–Kier alpha value is -0.600. The Bertz CT molecular complexity index is 284. The smallest absolute Gasteiger partial charge is 0.105 e.